The summed E-state index contributed by atoms with van der Waals surface area (Å²) in [5.41, 5.74) is 2.29. The fraction of sp³-hybridized carbons (Fsp3) is 0.837. The van der Waals surface area contributed by atoms with Crippen LogP contribution in [0.25, 0.3) is 0 Å². The van der Waals surface area contributed by atoms with Crippen LogP contribution in [-0.2, 0) is 4.79 Å². The van der Waals surface area contributed by atoms with Gasteiger partial charge in [-0.05, 0) is 148 Å². The van der Waals surface area contributed by atoms with E-state index >= 15 is 0 Å². The van der Waals surface area contributed by atoms with Gasteiger partial charge in [-0.3, -0.25) is 4.79 Å². The van der Waals surface area contributed by atoms with E-state index in [4.69, 9.17) is 0 Å². The highest BCUT2D eigenvalue weighted by Gasteiger charge is 2.71. The molecule has 2 bridgehead atoms. The topological polar surface area (TPSA) is 116 Å². The summed E-state index contributed by atoms with van der Waals surface area (Å²) < 4.78 is 2.30. The molecule has 12 atom stereocenters. The molecule has 6 saturated carbocycles. The van der Waals surface area contributed by atoms with Gasteiger partial charge < -0.3 is 25.0 Å². The van der Waals surface area contributed by atoms with Crippen LogP contribution in [0.5, 0.6) is 0 Å². The van der Waals surface area contributed by atoms with Crippen molar-refractivity contribution in [1.82, 2.24) is 9.55 Å². The Balaban J connectivity index is 1.12. The van der Waals surface area contributed by atoms with Crippen molar-refractivity contribution in [2.45, 2.75) is 186 Å². The van der Waals surface area contributed by atoms with E-state index in [1.165, 1.54) is 56.9 Å². The summed E-state index contributed by atoms with van der Waals surface area (Å²) in [5.74, 6) is 1.81. The van der Waals surface area contributed by atoms with Gasteiger partial charge in [-0.25, -0.2) is 4.98 Å². The lowest BCUT2D eigenvalue weighted by Crippen LogP contribution is -2.65. The first-order chi connectivity index (χ1) is 27.7. The number of fused-ring (bicyclic) bond motifs is 9. The smallest absolute Gasteiger partial charge is 0.159 e. The molecule has 1 spiro atoms. The number of ketones is 1. The lowest BCUT2D eigenvalue weighted by molar-refractivity contribution is -0.177. The monoisotopic (exact) mass is 835 g/mol. The lowest BCUT2D eigenvalue weighted by atomic mass is 9.41. The van der Waals surface area contributed by atoms with Crippen molar-refractivity contribution >= 4 is 27.4 Å². The molecule has 8 aliphatic rings. The first kappa shape index (κ1) is 42.2. The predicted octanol–water partition coefficient (Wildman–Crippen LogP) is 10.0. The number of imidazole rings is 1. The number of rotatable bonds is 2. The van der Waals surface area contributed by atoms with Crippen molar-refractivity contribution in [3.05, 3.63) is 41.5 Å². The van der Waals surface area contributed by atoms with Crippen LogP contribution in [0.3, 0.4) is 0 Å². The maximum absolute atomic E-state index is 14.7. The summed E-state index contributed by atoms with van der Waals surface area (Å²) >= 11 is 0. The number of hydrogen-bond donors (Lipinski definition) is 4. The number of aliphatic hydroxyl groups excluding tert-OH is 3. The molecule has 0 radical (unpaired) electrons. The summed E-state index contributed by atoms with van der Waals surface area (Å²) in [6, 6.07) is 0.245. The minimum Gasteiger partial charge on any atom is -0.393 e. The van der Waals surface area contributed by atoms with Crippen LogP contribution >= 0.6 is 21.6 Å². The van der Waals surface area contributed by atoms with Crippen molar-refractivity contribution in [3.8, 4) is 0 Å². The Labute approximate surface area is 356 Å². The van der Waals surface area contributed by atoms with Crippen molar-refractivity contribution in [2.24, 2.45) is 57.2 Å². The molecular weight excluding hydrogens is 761 g/mol. The molecule has 4 N–H and O–H groups in total. The largest absolute Gasteiger partial charge is 0.393 e. The highest BCUT2D eigenvalue weighted by Crippen LogP contribution is 2.72. The second-order valence-electron chi connectivity index (χ2n) is 22.2. The van der Waals surface area contributed by atoms with Gasteiger partial charge in [0.1, 0.15) is 0 Å². The molecule has 7 nitrogen and oxygen atoms in total. The van der Waals surface area contributed by atoms with Gasteiger partial charge in [0.25, 0.3) is 0 Å². The minimum atomic E-state index is -1.19. The molecule has 7 aliphatic carbocycles. The van der Waals surface area contributed by atoms with E-state index in [2.05, 4.69) is 43.4 Å². The van der Waals surface area contributed by atoms with Crippen LogP contribution in [0.4, 0.5) is 0 Å². The highest BCUT2D eigenvalue weighted by molar-refractivity contribution is 8.76. The number of carbonyl (C=O) groups is 1. The maximum atomic E-state index is 14.7. The van der Waals surface area contributed by atoms with Crippen molar-refractivity contribution < 1.29 is 25.2 Å². The number of aromatic nitrogens is 2. The summed E-state index contributed by atoms with van der Waals surface area (Å²) in [6.45, 7) is 9.50. The zero-order chi connectivity index (χ0) is 40.7. The molecule has 1 aromatic rings. The van der Waals surface area contributed by atoms with Crippen molar-refractivity contribution in [1.29, 1.82) is 0 Å². The molecular formula is C49H74N2O5S2. The molecule has 9 rings (SSSR count). The summed E-state index contributed by atoms with van der Waals surface area (Å²) in [4.78, 5) is 19.2. The second-order valence-corrected chi connectivity index (χ2v) is 24.7. The molecule has 0 unspecified atom stereocenters. The van der Waals surface area contributed by atoms with E-state index in [-0.39, 0.29) is 46.8 Å². The van der Waals surface area contributed by atoms with Crippen LogP contribution in [0.2, 0.25) is 0 Å². The summed E-state index contributed by atoms with van der Waals surface area (Å²) in [6.07, 6.45) is 26.5. The zero-order valence-electron chi connectivity index (χ0n) is 36.0. The van der Waals surface area contributed by atoms with Gasteiger partial charge in [0.05, 0.1) is 30.2 Å². The quantitative estimate of drug-likeness (QED) is 0.172. The third-order valence-electron chi connectivity index (χ3n) is 19.0. The SMILES string of the molecule is C[C@@H]1[C@H](O)C/C(=C2/CCCC3(CCCC3)C2)C(C)(C)C[C@@H](n2ccnc2)CSSC[C@H]2C[C@H]1[C@@]1(C)CC[C@H]3C(=CC(=O)[C@@H]4C[C@@H](O)[C@@H](O)C[C@@]43C3CCCCC3)[C@]21O. The second kappa shape index (κ2) is 15.9. The molecule has 1 saturated heterocycles. The number of carbonyl (C=O) groups excluding carboxylic acids is 1. The molecule has 2 heterocycles. The Kier molecular flexibility index (Phi) is 11.6. The Hall–Kier alpha value is -1.10. The van der Waals surface area contributed by atoms with Crippen LogP contribution in [0.1, 0.15) is 162 Å². The van der Waals surface area contributed by atoms with Crippen LogP contribution < -0.4 is 0 Å². The van der Waals surface area contributed by atoms with E-state index in [1.807, 2.05) is 40.2 Å². The van der Waals surface area contributed by atoms with E-state index in [0.29, 0.717) is 30.6 Å². The average Bonchev–Trinajstić information content (AvgIpc) is 3.96. The van der Waals surface area contributed by atoms with Crippen molar-refractivity contribution in [2.75, 3.05) is 11.5 Å². The van der Waals surface area contributed by atoms with Gasteiger partial charge in [0.15, 0.2) is 5.78 Å². The van der Waals surface area contributed by atoms with Crippen LogP contribution in [0.15, 0.2) is 41.5 Å². The fourth-order valence-corrected chi connectivity index (χ4v) is 18.8. The third-order valence-corrected chi connectivity index (χ3v) is 21.6. The number of nitrogens with zero attached hydrogens (tertiary/aromatic N) is 2. The Morgan fingerprint density at radius 3 is 2.29 bits per heavy atom. The molecule has 322 valence electrons. The van der Waals surface area contributed by atoms with E-state index in [9.17, 15) is 25.2 Å². The Bertz CT molecular complexity index is 1730. The zero-order valence-corrected chi connectivity index (χ0v) is 37.7. The summed E-state index contributed by atoms with van der Waals surface area (Å²) in [7, 11) is 3.82. The van der Waals surface area contributed by atoms with E-state index in [1.54, 1.807) is 5.57 Å². The van der Waals surface area contributed by atoms with Gasteiger partial charge in [0, 0.05) is 47.2 Å². The van der Waals surface area contributed by atoms with Gasteiger partial charge >= 0.3 is 0 Å². The summed E-state index contributed by atoms with van der Waals surface area (Å²) in [5, 5.41) is 49.2. The Morgan fingerprint density at radius 2 is 1.55 bits per heavy atom. The fourth-order valence-electron chi connectivity index (χ4n) is 16.1. The highest BCUT2D eigenvalue weighted by atomic mass is 33.1. The third kappa shape index (κ3) is 6.82. The van der Waals surface area contributed by atoms with Gasteiger partial charge in [0.2, 0.25) is 0 Å². The van der Waals surface area contributed by atoms with Gasteiger partial charge in [-0.1, -0.05) is 92.5 Å². The molecule has 1 aromatic heterocycles. The molecule has 0 amide bonds. The van der Waals surface area contributed by atoms with E-state index < -0.39 is 34.7 Å². The number of aliphatic hydroxyl groups is 4. The van der Waals surface area contributed by atoms with E-state index in [0.717, 1.165) is 74.9 Å². The Morgan fingerprint density at radius 1 is 0.810 bits per heavy atom. The lowest BCUT2D eigenvalue weighted by Gasteiger charge is -2.64. The average molecular weight is 835 g/mol. The molecule has 1 aliphatic heterocycles. The maximum Gasteiger partial charge on any atom is 0.159 e. The normalized spacial score (nSPS) is 46.2. The standard InChI is InChI=1S/C49H74N2O5S2/c1-31-37-21-34(49(56)39-23-42(53)40-24-43(54)44(55)27-48(40,33-12-6-5-7-13-33)36(39)14-18-46(37,49)4)28-57-58-29-35(51-20-19-50-30-51)26-45(2,3)38(22-41(31)52)32-11-10-17-47(25-32)15-8-9-16-47/h19-20,23,30-31,33-37,40-41,43-44,52,54-56H,5-18,21-22,24-29H2,1-4H3/b38-32+/t31-,34+,35+,36-,37+,40-,41+,43+,44-,46+,48-,49+/m0/s1. The predicted molar refractivity (Wildman–Crippen MR) is 235 cm³/mol. The molecule has 9 heteroatoms. The first-order valence-electron chi connectivity index (χ1n) is 23.7. The van der Waals surface area contributed by atoms with Crippen molar-refractivity contribution in [3.63, 3.8) is 0 Å². The van der Waals surface area contributed by atoms with Gasteiger partial charge in [-0.15, -0.1) is 0 Å². The van der Waals surface area contributed by atoms with Gasteiger partial charge in [-0.2, -0.15) is 0 Å². The molecule has 0 aromatic carbocycles. The molecule has 7 fully saturated rings. The molecule has 58 heavy (non-hydrogen) atoms. The first-order valence-corrected chi connectivity index (χ1v) is 26.2. The van der Waals surface area contributed by atoms with Crippen LogP contribution in [0, 0.1) is 57.2 Å². The minimum absolute atomic E-state index is 0.0108. The number of hydrogen-bond acceptors (Lipinski definition) is 8. The number of allylic oxidation sites excluding steroid dienone is 2. The van der Waals surface area contributed by atoms with Crippen LogP contribution in [-0.4, -0.2) is 71.2 Å².